The van der Waals surface area contributed by atoms with Gasteiger partial charge in [0, 0.05) is 29.5 Å². The van der Waals surface area contributed by atoms with E-state index < -0.39 is 0 Å². The molecule has 0 aliphatic carbocycles. The molecule has 33 heavy (non-hydrogen) atoms. The maximum Gasteiger partial charge on any atom is 0.170 e. The highest BCUT2D eigenvalue weighted by atomic mass is 19.1. The third kappa shape index (κ3) is 5.42. The van der Waals surface area contributed by atoms with Crippen molar-refractivity contribution in [3.63, 3.8) is 0 Å². The first-order chi connectivity index (χ1) is 15.9. The van der Waals surface area contributed by atoms with Gasteiger partial charge in [-0.2, -0.15) is 0 Å². The smallest absolute Gasteiger partial charge is 0.170 e. The van der Waals surface area contributed by atoms with Gasteiger partial charge in [-0.3, -0.25) is 9.69 Å². The molecule has 2 aromatic carbocycles. The van der Waals surface area contributed by atoms with E-state index in [1.807, 2.05) is 0 Å². The summed E-state index contributed by atoms with van der Waals surface area (Å²) in [5, 5.41) is 5.14. The Morgan fingerprint density at radius 3 is 2.70 bits per heavy atom. The number of rotatable bonds is 8. The third-order valence-electron chi connectivity index (χ3n) is 6.15. The Balaban J connectivity index is 1.28. The lowest BCUT2D eigenvalue weighted by atomic mass is 9.91. The molecule has 1 aliphatic heterocycles. The van der Waals surface area contributed by atoms with Crippen molar-refractivity contribution in [3.05, 3.63) is 65.1 Å². The van der Waals surface area contributed by atoms with E-state index in [-0.39, 0.29) is 11.6 Å². The molecule has 3 aromatic rings. The van der Waals surface area contributed by atoms with E-state index in [1.54, 1.807) is 31.4 Å². The van der Waals surface area contributed by atoms with E-state index in [4.69, 9.17) is 14.0 Å². The summed E-state index contributed by atoms with van der Waals surface area (Å²) in [7, 11) is 1.57. The van der Waals surface area contributed by atoms with Crippen LogP contribution in [-0.4, -0.2) is 49.2 Å². The van der Waals surface area contributed by atoms with Crippen LogP contribution in [0.15, 0.2) is 52.6 Å². The number of likely N-dealkylation sites (tertiary alicyclic amines) is 1. The second kappa shape index (κ2) is 10.2. The van der Waals surface area contributed by atoms with Crippen LogP contribution in [0.2, 0.25) is 0 Å². The summed E-state index contributed by atoms with van der Waals surface area (Å²) in [6.45, 7) is 6.87. The minimum atomic E-state index is -0.308. The zero-order valence-corrected chi connectivity index (χ0v) is 19.3. The number of methoxy groups -OCH3 is 1. The molecule has 0 N–H and O–H groups in total. The monoisotopic (exact) mass is 452 g/mol. The molecule has 0 unspecified atom stereocenters. The number of aromatic nitrogens is 1. The van der Waals surface area contributed by atoms with Gasteiger partial charge in [0.15, 0.2) is 22.9 Å². The normalized spacial score (nSPS) is 15.7. The summed E-state index contributed by atoms with van der Waals surface area (Å²) in [6, 6.07) is 9.83. The predicted octanol–water partition coefficient (Wildman–Crippen LogP) is 5.38. The average Bonchev–Trinajstić information content (AvgIpc) is 3.22. The molecule has 6 nitrogen and oxygen atoms in total. The van der Waals surface area contributed by atoms with Crippen molar-refractivity contribution in [1.82, 2.24) is 10.1 Å². The first-order valence-corrected chi connectivity index (χ1v) is 11.2. The predicted molar refractivity (Wildman–Crippen MR) is 125 cm³/mol. The second-order valence-corrected chi connectivity index (χ2v) is 8.54. The van der Waals surface area contributed by atoms with Crippen LogP contribution >= 0.6 is 0 Å². The molecule has 1 aromatic heterocycles. The number of carbonyl (C=O) groups excluding carboxylic acids is 1. The van der Waals surface area contributed by atoms with E-state index in [0.29, 0.717) is 35.2 Å². The van der Waals surface area contributed by atoms with Gasteiger partial charge in [0.2, 0.25) is 0 Å². The number of carbonyl (C=O) groups is 1. The Morgan fingerprint density at radius 1 is 1.18 bits per heavy atom. The Bertz CT molecular complexity index is 1160. The summed E-state index contributed by atoms with van der Waals surface area (Å²) in [6.07, 6.45) is 4.05. The number of piperidine rings is 1. The van der Waals surface area contributed by atoms with Gasteiger partial charge in [0.05, 0.1) is 12.8 Å². The van der Waals surface area contributed by atoms with Gasteiger partial charge in [-0.05, 0) is 76.2 Å². The molecule has 0 spiro atoms. The Hall–Kier alpha value is -3.19. The number of benzene rings is 2. The quantitative estimate of drug-likeness (QED) is 0.338. The molecule has 0 bridgehead atoms. The van der Waals surface area contributed by atoms with Crippen molar-refractivity contribution in [3.8, 4) is 11.5 Å². The Labute approximate surface area is 192 Å². The molecular weight excluding hydrogens is 423 g/mol. The van der Waals surface area contributed by atoms with Gasteiger partial charge in [0.25, 0.3) is 0 Å². The number of Topliss-reactive ketones (excluding diaryl/α,β-unsaturated/α-hetero) is 1. The van der Waals surface area contributed by atoms with Gasteiger partial charge >= 0.3 is 0 Å². The van der Waals surface area contributed by atoms with Crippen molar-refractivity contribution in [2.45, 2.75) is 32.6 Å². The fraction of sp³-hybridized carbons (Fsp3) is 0.385. The van der Waals surface area contributed by atoms with Gasteiger partial charge < -0.3 is 14.0 Å². The van der Waals surface area contributed by atoms with Gasteiger partial charge in [0.1, 0.15) is 12.4 Å². The van der Waals surface area contributed by atoms with Crippen LogP contribution in [0.1, 0.15) is 48.7 Å². The van der Waals surface area contributed by atoms with Crippen LogP contribution in [0.25, 0.3) is 11.0 Å². The average molecular weight is 453 g/mol. The van der Waals surface area contributed by atoms with Crippen LogP contribution in [0.4, 0.5) is 4.39 Å². The number of ether oxygens (including phenoxy) is 2. The molecular formula is C26H29FN2O4. The number of fused-ring (bicyclic) bond motifs is 1. The molecule has 174 valence electrons. The van der Waals surface area contributed by atoms with E-state index in [2.05, 4.69) is 23.1 Å². The molecule has 1 aliphatic rings. The van der Waals surface area contributed by atoms with Crippen molar-refractivity contribution in [1.29, 1.82) is 0 Å². The zero-order chi connectivity index (χ0) is 23.4. The van der Waals surface area contributed by atoms with Gasteiger partial charge in [-0.25, -0.2) is 4.39 Å². The third-order valence-corrected chi connectivity index (χ3v) is 6.15. The lowest BCUT2D eigenvalue weighted by Gasteiger charge is -2.31. The highest BCUT2D eigenvalue weighted by molar-refractivity contribution is 5.94. The summed E-state index contributed by atoms with van der Waals surface area (Å²) in [5.41, 5.74) is 3.28. The number of hydrogen-bond acceptors (Lipinski definition) is 6. The van der Waals surface area contributed by atoms with Crippen molar-refractivity contribution < 1.29 is 23.2 Å². The van der Waals surface area contributed by atoms with Crippen LogP contribution in [0.5, 0.6) is 11.5 Å². The molecule has 2 heterocycles. The van der Waals surface area contributed by atoms with E-state index in [9.17, 15) is 9.18 Å². The van der Waals surface area contributed by atoms with Crippen LogP contribution < -0.4 is 9.47 Å². The minimum Gasteiger partial charge on any atom is -0.493 e. The Morgan fingerprint density at radius 2 is 1.97 bits per heavy atom. The first kappa shape index (κ1) is 23.0. The summed E-state index contributed by atoms with van der Waals surface area (Å²) < 4.78 is 30.0. The molecule has 0 saturated carbocycles. The molecule has 4 rings (SSSR count). The van der Waals surface area contributed by atoms with E-state index >= 15 is 0 Å². The largest absolute Gasteiger partial charge is 0.493 e. The lowest BCUT2D eigenvalue weighted by Crippen LogP contribution is -2.34. The molecule has 1 fully saturated rings. The van der Waals surface area contributed by atoms with Crippen molar-refractivity contribution in [2.75, 3.05) is 33.4 Å². The zero-order valence-electron chi connectivity index (χ0n) is 19.3. The highest BCUT2D eigenvalue weighted by Gasteiger charge is 2.25. The number of ketones is 1. The summed E-state index contributed by atoms with van der Waals surface area (Å²) in [5.74, 6) is 1.18. The molecule has 0 atom stereocenters. The van der Waals surface area contributed by atoms with Crippen molar-refractivity contribution in [2.24, 2.45) is 0 Å². The fourth-order valence-electron chi connectivity index (χ4n) is 4.29. The highest BCUT2D eigenvalue weighted by Crippen LogP contribution is 2.33. The topological polar surface area (TPSA) is 64.8 Å². The maximum absolute atomic E-state index is 13.4. The SMILES string of the molecule is COc1cc(C(C)=O)ccc1OCC=C(C)CN1CCC(c2noc3cc(F)ccc23)CC1. The summed E-state index contributed by atoms with van der Waals surface area (Å²) in [4.78, 5) is 14.0. The Kier molecular flexibility index (Phi) is 7.08. The fourth-order valence-corrected chi connectivity index (χ4v) is 4.29. The van der Waals surface area contributed by atoms with E-state index in [1.165, 1.54) is 24.6 Å². The standard InChI is InChI=1S/C26H29FN2O4/c1-17(10-13-32-23-7-4-20(18(2)30)14-25(23)31-3)16-29-11-8-19(9-12-29)26-22-6-5-21(27)15-24(22)33-28-26/h4-7,10,14-15,19H,8-9,11-13,16H2,1-3H3. The molecule has 0 radical (unpaired) electrons. The first-order valence-electron chi connectivity index (χ1n) is 11.2. The number of nitrogens with zero attached hydrogens (tertiary/aromatic N) is 2. The van der Waals surface area contributed by atoms with Crippen LogP contribution in [-0.2, 0) is 0 Å². The maximum atomic E-state index is 13.4. The van der Waals surface area contributed by atoms with Crippen molar-refractivity contribution >= 4 is 16.8 Å². The molecule has 1 saturated heterocycles. The number of halogens is 1. The van der Waals surface area contributed by atoms with Gasteiger partial charge in [-0.1, -0.05) is 10.7 Å². The van der Waals surface area contributed by atoms with Crippen LogP contribution in [0.3, 0.4) is 0 Å². The van der Waals surface area contributed by atoms with Gasteiger partial charge in [-0.15, -0.1) is 0 Å². The van der Waals surface area contributed by atoms with Crippen LogP contribution in [0, 0.1) is 5.82 Å². The molecule has 0 amide bonds. The lowest BCUT2D eigenvalue weighted by molar-refractivity contribution is 0.101. The molecule has 7 heteroatoms. The van der Waals surface area contributed by atoms with E-state index in [0.717, 1.165) is 43.6 Å². The minimum absolute atomic E-state index is 0.00926. The summed E-state index contributed by atoms with van der Waals surface area (Å²) >= 11 is 0. The number of hydrogen-bond donors (Lipinski definition) is 0. The second-order valence-electron chi connectivity index (χ2n) is 8.54.